The van der Waals surface area contributed by atoms with Gasteiger partial charge >= 0.3 is 0 Å². The highest BCUT2D eigenvalue weighted by Crippen LogP contribution is 2.22. The van der Waals surface area contributed by atoms with Gasteiger partial charge in [-0.3, -0.25) is 0 Å². The second-order valence-corrected chi connectivity index (χ2v) is 6.79. The number of anilines is 2. The third-order valence-electron chi connectivity index (χ3n) is 3.79. The number of methoxy groups -OCH3 is 2. The molecule has 1 aromatic heterocycles. The first-order valence-corrected chi connectivity index (χ1v) is 8.92. The van der Waals surface area contributed by atoms with E-state index in [1.165, 1.54) is 9.75 Å². The van der Waals surface area contributed by atoms with Crippen LogP contribution in [0.25, 0.3) is 0 Å². The lowest BCUT2D eigenvalue weighted by Crippen LogP contribution is -1.98. The SMILES string of the molecule is COc1cccc(NCc2ccc(CNc3cccc(OC)c3)s2)c1. The zero-order valence-corrected chi connectivity index (χ0v) is 15.2. The molecular weight excluding hydrogens is 332 g/mol. The van der Waals surface area contributed by atoms with Gasteiger partial charge < -0.3 is 20.1 Å². The van der Waals surface area contributed by atoms with Crippen LogP contribution in [-0.2, 0) is 13.1 Å². The van der Waals surface area contributed by atoms with Crippen LogP contribution in [0.3, 0.4) is 0 Å². The molecule has 0 spiro atoms. The molecule has 0 radical (unpaired) electrons. The van der Waals surface area contributed by atoms with Crippen LogP contribution in [0.5, 0.6) is 11.5 Å². The van der Waals surface area contributed by atoms with Crippen molar-refractivity contribution in [3.05, 3.63) is 70.4 Å². The molecule has 1 heterocycles. The number of hydrogen-bond donors (Lipinski definition) is 2. The molecule has 2 N–H and O–H groups in total. The molecule has 0 amide bonds. The average molecular weight is 354 g/mol. The first kappa shape index (κ1) is 17.2. The fraction of sp³-hybridized carbons (Fsp3) is 0.200. The highest BCUT2D eigenvalue weighted by atomic mass is 32.1. The van der Waals surface area contributed by atoms with E-state index < -0.39 is 0 Å². The van der Waals surface area contributed by atoms with Crippen LogP contribution in [0.4, 0.5) is 11.4 Å². The minimum Gasteiger partial charge on any atom is -0.497 e. The topological polar surface area (TPSA) is 42.5 Å². The summed E-state index contributed by atoms with van der Waals surface area (Å²) in [5, 5.41) is 6.86. The lowest BCUT2D eigenvalue weighted by atomic mass is 10.3. The molecule has 0 bridgehead atoms. The van der Waals surface area contributed by atoms with Crippen molar-refractivity contribution in [1.82, 2.24) is 0 Å². The Morgan fingerprint density at radius 2 is 1.20 bits per heavy atom. The van der Waals surface area contributed by atoms with E-state index in [0.717, 1.165) is 36.0 Å². The summed E-state index contributed by atoms with van der Waals surface area (Å²) >= 11 is 1.80. The van der Waals surface area contributed by atoms with Crippen LogP contribution in [0, 0.1) is 0 Å². The van der Waals surface area contributed by atoms with Gasteiger partial charge in [-0.2, -0.15) is 0 Å². The van der Waals surface area contributed by atoms with Gasteiger partial charge in [0.1, 0.15) is 11.5 Å². The first-order chi connectivity index (χ1) is 12.3. The van der Waals surface area contributed by atoms with E-state index in [0.29, 0.717) is 0 Å². The standard InChI is InChI=1S/C20H22N2O2S/c1-23-17-7-3-5-15(11-17)21-13-19-9-10-20(25-19)14-22-16-6-4-8-18(12-16)24-2/h3-12,21-22H,13-14H2,1-2H3. The molecule has 2 aromatic carbocycles. The molecule has 130 valence electrons. The molecule has 25 heavy (non-hydrogen) atoms. The Labute approximate surface area is 152 Å². The smallest absolute Gasteiger partial charge is 0.120 e. The third-order valence-corrected chi connectivity index (χ3v) is 4.88. The molecule has 3 rings (SSSR count). The van der Waals surface area contributed by atoms with Gasteiger partial charge in [-0.1, -0.05) is 12.1 Å². The Bertz CT molecular complexity index is 751. The van der Waals surface area contributed by atoms with Crippen molar-refractivity contribution in [2.45, 2.75) is 13.1 Å². The van der Waals surface area contributed by atoms with Crippen molar-refractivity contribution < 1.29 is 9.47 Å². The van der Waals surface area contributed by atoms with Crippen molar-refractivity contribution >= 4 is 22.7 Å². The highest BCUT2D eigenvalue weighted by Gasteiger charge is 2.02. The number of ether oxygens (including phenoxy) is 2. The fourth-order valence-corrected chi connectivity index (χ4v) is 3.35. The minimum atomic E-state index is 0.803. The number of thiophene rings is 1. The predicted molar refractivity (Wildman–Crippen MR) is 105 cm³/mol. The Morgan fingerprint density at radius 3 is 1.64 bits per heavy atom. The summed E-state index contributed by atoms with van der Waals surface area (Å²) in [7, 11) is 3.36. The van der Waals surface area contributed by atoms with E-state index in [-0.39, 0.29) is 0 Å². The van der Waals surface area contributed by atoms with E-state index >= 15 is 0 Å². The van der Waals surface area contributed by atoms with E-state index in [2.05, 4.69) is 22.8 Å². The molecule has 4 nitrogen and oxygen atoms in total. The van der Waals surface area contributed by atoms with Crippen molar-refractivity contribution in [2.24, 2.45) is 0 Å². The van der Waals surface area contributed by atoms with Gasteiger partial charge in [0.05, 0.1) is 14.2 Å². The average Bonchev–Trinajstić information content (AvgIpc) is 3.13. The molecule has 0 aliphatic heterocycles. The molecule has 0 saturated carbocycles. The molecule has 5 heteroatoms. The summed E-state index contributed by atoms with van der Waals surface area (Å²) in [6.45, 7) is 1.61. The largest absolute Gasteiger partial charge is 0.497 e. The molecule has 0 unspecified atom stereocenters. The predicted octanol–water partition coefficient (Wildman–Crippen LogP) is 4.99. The molecule has 0 atom stereocenters. The van der Waals surface area contributed by atoms with Gasteiger partial charge in [0.2, 0.25) is 0 Å². The normalized spacial score (nSPS) is 10.3. The zero-order chi connectivity index (χ0) is 17.5. The van der Waals surface area contributed by atoms with Gasteiger partial charge in [0.15, 0.2) is 0 Å². The van der Waals surface area contributed by atoms with E-state index in [1.807, 2.05) is 48.5 Å². The van der Waals surface area contributed by atoms with Crippen LogP contribution in [0.15, 0.2) is 60.7 Å². The molecule has 0 aliphatic carbocycles. The summed E-state index contributed by atoms with van der Waals surface area (Å²) in [4.78, 5) is 2.59. The Balaban J connectivity index is 1.53. The Kier molecular flexibility index (Phi) is 5.80. The van der Waals surface area contributed by atoms with Crippen LogP contribution >= 0.6 is 11.3 Å². The summed E-state index contributed by atoms with van der Waals surface area (Å²) in [6, 6.07) is 20.3. The minimum absolute atomic E-state index is 0.803. The molecular formula is C20H22N2O2S. The maximum Gasteiger partial charge on any atom is 0.120 e. The number of rotatable bonds is 8. The summed E-state index contributed by atoms with van der Waals surface area (Å²) in [5.41, 5.74) is 2.12. The maximum absolute atomic E-state index is 5.25. The second-order valence-electron chi connectivity index (χ2n) is 5.54. The van der Waals surface area contributed by atoms with Gasteiger partial charge in [-0.25, -0.2) is 0 Å². The fourth-order valence-electron chi connectivity index (χ4n) is 2.46. The number of hydrogen-bond acceptors (Lipinski definition) is 5. The van der Waals surface area contributed by atoms with Crippen molar-refractivity contribution in [3.63, 3.8) is 0 Å². The number of nitrogens with one attached hydrogen (secondary N) is 2. The van der Waals surface area contributed by atoms with Gasteiger partial charge in [-0.15, -0.1) is 11.3 Å². The summed E-state index contributed by atoms with van der Waals surface area (Å²) < 4.78 is 10.5. The maximum atomic E-state index is 5.25. The lowest BCUT2D eigenvalue weighted by molar-refractivity contribution is 0.415. The van der Waals surface area contributed by atoms with Crippen molar-refractivity contribution in [2.75, 3.05) is 24.9 Å². The number of benzene rings is 2. The van der Waals surface area contributed by atoms with Crippen molar-refractivity contribution in [1.29, 1.82) is 0 Å². The summed E-state index contributed by atoms with van der Waals surface area (Å²) in [5.74, 6) is 1.72. The Hall–Kier alpha value is -2.66. The van der Waals surface area contributed by atoms with Gasteiger partial charge in [0.25, 0.3) is 0 Å². The molecule has 0 aliphatic rings. The zero-order valence-electron chi connectivity index (χ0n) is 14.4. The second kappa shape index (κ2) is 8.44. The quantitative estimate of drug-likeness (QED) is 0.598. The molecule has 0 saturated heterocycles. The van der Waals surface area contributed by atoms with E-state index in [4.69, 9.17) is 9.47 Å². The first-order valence-electron chi connectivity index (χ1n) is 8.10. The molecule has 3 aromatic rings. The van der Waals surface area contributed by atoms with E-state index in [1.54, 1.807) is 25.6 Å². The monoisotopic (exact) mass is 354 g/mol. The summed E-state index contributed by atoms with van der Waals surface area (Å²) in [6.07, 6.45) is 0. The van der Waals surface area contributed by atoms with Crippen molar-refractivity contribution in [3.8, 4) is 11.5 Å². The Morgan fingerprint density at radius 1 is 0.720 bits per heavy atom. The van der Waals surface area contributed by atoms with Crippen LogP contribution in [0.1, 0.15) is 9.75 Å². The van der Waals surface area contributed by atoms with Crippen LogP contribution < -0.4 is 20.1 Å². The van der Waals surface area contributed by atoms with Crippen LogP contribution in [0.2, 0.25) is 0 Å². The van der Waals surface area contributed by atoms with Gasteiger partial charge in [-0.05, 0) is 36.4 Å². The molecule has 0 fully saturated rings. The highest BCUT2D eigenvalue weighted by molar-refractivity contribution is 7.12. The lowest BCUT2D eigenvalue weighted by Gasteiger charge is -2.07. The van der Waals surface area contributed by atoms with E-state index in [9.17, 15) is 0 Å². The van der Waals surface area contributed by atoms with Crippen LogP contribution in [-0.4, -0.2) is 14.2 Å². The third kappa shape index (κ3) is 4.90. The van der Waals surface area contributed by atoms with Gasteiger partial charge in [0, 0.05) is 46.4 Å².